The fourth-order valence-corrected chi connectivity index (χ4v) is 4.05. The van der Waals surface area contributed by atoms with Crippen LogP contribution in [0.2, 0.25) is 0 Å². The Kier molecular flexibility index (Phi) is 8.91. The van der Waals surface area contributed by atoms with Gasteiger partial charge in [0.2, 0.25) is 0 Å². The summed E-state index contributed by atoms with van der Waals surface area (Å²) in [6.07, 6.45) is 1.63. The van der Waals surface area contributed by atoms with Gasteiger partial charge in [0.25, 0.3) is 0 Å². The van der Waals surface area contributed by atoms with Crippen molar-refractivity contribution in [2.75, 3.05) is 19.8 Å². The van der Waals surface area contributed by atoms with Crippen molar-refractivity contribution in [2.24, 2.45) is 0 Å². The molecule has 5 heteroatoms. The summed E-state index contributed by atoms with van der Waals surface area (Å²) in [5.74, 6) is 0. The molecule has 26 heavy (non-hydrogen) atoms. The number of hydrogen-bond donors (Lipinski definition) is 0. The maximum absolute atomic E-state index is 6.38. The zero-order valence-corrected chi connectivity index (χ0v) is 17.6. The highest BCUT2D eigenvalue weighted by Crippen LogP contribution is 2.36. The Morgan fingerprint density at radius 3 is 2.62 bits per heavy atom. The molecular formula is C21H34O4S. The Morgan fingerprint density at radius 2 is 1.96 bits per heavy atom. The Hall–Kier alpha value is -0.590. The van der Waals surface area contributed by atoms with Crippen LogP contribution in [0.4, 0.5) is 0 Å². The van der Waals surface area contributed by atoms with Crippen molar-refractivity contribution in [1.82, 2.24) is 0 Å². The summed E-state index contributed by atoms with van der Waals surface area (Å²) in [4.78, 5) is 0. The van der Waals surface area contributed by atoms with Crippen molar-refractivity contribution in [3.63, 3.8) is 0 Å². The van der Waals surface area contributed by atoms with Crippen molar-refractivity contribution >= 4 is 11.8 Å². The third-order valence-electron chi connectivity index (χ3n) is 4.37. The van der Waals surface area contributed by atoms with E-state index in [0.29, 0.717) is 18.5 Å². The van der Waals surface area contributed by atoms with E-state index in [1.807, 2.05) is 30.3 Å². The molecule has 1 fully saturated rings. The molecule has 4 atom stereocenters. The monoisotopic (exact) mass is 382 g/mol. The fraction of sp³-hybridized carbons (Fsp3) is 0.714. The molecule has 1 aromatic rings. The minimum atomic E-state index is -0.529. The van der Waals surface area contributed by atoms with Crippen LogP contribution in [0.15, 0.2) is 30.3 Å². The SMILES string of the molecule is CCCCOCC1OC(c2ccccc2)OCC1(C)OC(C)SC(C)C. The summed E-state index contributed by atoms with van der Waals surface area (Å²) in [6, 6.07) is 10.1. The molecule has 0 bridgehead atoms. The van der Waals surface area contributed by atoms with Gasteiger partial charge >= 0.3 is 0 Å². The van der Waals surface area contributed by atoms with Crippen LogP contribution in [0.1, 0.15) is 59.3 Å². The molecule has 1 aromatic carbocycles. The largest absolute Gasteiger partial charge is 0.379 e. The Labute approximate surface area is 162 Å². The number of ether oxygens (including phenoxy) is 4. The van der Waals surface area contributed by atoms with Gasteiger partial charge in [0.05, 0.1) is 13.2 Å². The Balaban J connectivity index is 2.05. The molecule has 1 aliphatic rings. The lowest BCUT2D eigenvalue weighted by Crippen LogP contribution is -2.55. The minimum absolute atomic E-state index is 0.0682. The van der Waals surface area contributed by atoms with Gasteiger partial charge < -0.3 is 18.9 Å². The smallest absolute Gasteiger partial charge is 0.184 e. The van der Waals surface area contributed by atoms with Crippen LogP contribution >= 0.6 is 11.8 Å². The summed E-state index contributed by atoms with van der Waals surface area (Å²) >= 11 is 1.80. The van der Waals surface area contributed by atoms with E-state index in [-0.39, 0.29) is 17.8 Å². The van der Waals surface area contributed by atoms with E-state index in [1.165, 1.54) is 0 Å². The van der Waals surface area contributed by atoms with Gasteiger partial charge in [0.15, 0.2) is 6.29 Å². The zero-order chi connectivity index (χ0) is 19.0. The van der Waals surface area contributed by atoms with Crippen LogP contribution in [0, 0.1) is 0 Å². The maximum atomic E-state index is 6.38. The first-order valence-electron chi connectivity index (χ1n) is 9.67. The Morgan fingerprint density at radius 1 is 1.23 bits per heavy atom. The third kappa shape index (κ3) is 6.54. The molecule has 4 unspecified atom stereocenters. The summed E-state index contributed by atoms with van der Waals surface area (Å²) in [5, 5.41) is 0.510. The minimum Gasteiger partial charge on any atom is -0.379 e. The van der Waals surface area contributed by atoms with E-state index in [9.17, 15) is 0 Å². The molecule has 4 nitrogen and oxygen atoms in total. The summed E-state index contributed by atoms with van der Waals surface area (Å²) in [6.45, 7) is 12.4. The van der Waals surface area contributed by atoms with Crippen molar-refractivity contribution < 1.29 is 18.9 Å². The van der Waals surface area contributed by atoms with Gasteiger partial charge in [-0.2, -0.15) is 0 Å². The van der Waals surface area contributed by atoms with E-state index in [0.717, 1.165) is 25.0 Å². The molecule has 1 saturated heterocycles. The van der Waals surface area contributed by atoms with Crippen LogP contribution < -0.4 is 0 Å². The first-order chi connectivity index (χ1) is 12.4. The molecule has 0 amide bonds. The van der Waals surface area contributed by atoms with E-state index in [1.54, 1.807) is 11.8 Å². The molecule has 2 rings (SSSR count). The summed E-state index contributed by atoms with van der Waals surface area (Å²) in [7, 11) is 0. The van der Waals surface area contributed by atoms with Gasteiger partial charge in [0.1, 0.15) is 17.1 Å². The quantitative estimate of drug-likeness (QED) is 0.412. The van der Waals surface area contributed by atoms with Crippen LogP contribution in [-0.2, 0) is 18.9 Å². The van der Waals surface area contributed by atoms with Gasteiger partial charge in [-0.3, -0.25) is 0 Å². The molecule has 1 heterocycles. The Bertz CT molecular complexity index is 510. The number of thioether (sulfide) groups is 1. The van der Waals surface area contributed by atoms with E-state index in [4.69, 9.17) is 18.9 Å². The van der Waals surface area contributed by atoms with Crippen molar-refractivity contribution in [1.29, 1.82) is 0 Å². The first kappa shape index (κ1) is 21.7. The molecule has 0 radical (unpaired) electrons. The van der Waals surface area contributed by atoms with Crippen LogP contribution in [0.5, 0.6) is 0 Å². The third-order valence-corrected chi connectivity index (χ3v) is 5.40. The van der Waals surface area contributed by atoms with E-state index >= 15 is 0 Å². The number of rotatable bonds is 10. The van der Waals surface area contributed by atoms with Crippen LogP contribution in [0.3, 0.4) is 0 Å². The van der Waals surface area contributed by atoms with Crippen molar-refractivity contribution in [3.05, 3.63) is 35.9 Å². The van der Waals surface area contributed by atoms with E-state index < -0.39 is 5.60 Å². The lowest BCUT2D eigenvalue weighted by Gasteiger charge is -2.45. The lowest BCUT2D eigenvalue weighted by atomic mass is 9.98. The summed E-state index contributed by atoms with van der Waals surface area (Å²) in [5.41, 5.74) is 0.565. The summed E-state index contributed by atoms with van der Waals surface area (Å²) < 4.78 is 24.6. The second kappa shape index (κ2) is 10.7. The topological polar surface area (TPSA) is 36.9 Å². The fourth-order valence-electron chi connectivity index (χ4n) is 3.00. The van der Waals surface area contributed by atoms with Gasteiger partial charge in [-0.25, -0.2) is 0 Å². The predicted molar refractivity (Wildman–Crippen MR) is 107 cm³/mol. The van der Waals surface area contributed by atoms with Crippen LogP contribution in [0.25, 0.3) is 0 Å². The molecular weight excluding hydrogens is 348 g/mol. The molecule has 0 saturated carbocycles. The van der Waals surface area contributed by atoms with Gasteiger partial charge in [-0.15, -0.1) is 11.8 Å². The number of hydrogen-bond acceptors (Lipinski definition) is 5. The predicted octanol–water partition coefficient (Wildman–Crippen LogP) is 5.18. The normalized spacial score (nSPS) is 27.6. The van der Waals surface area contributed by atoms with E-state index in [2.05, 4.69) is 34.6 Å². The standard InChI is InChI=1S/C21H34O4S/c1-6-7-13-22-14-19-21(5,25-17(4)26-16(2)3)15-23-20(24-19)18-11-9-8-10-12-18/h8-12,16-17,19-20H,6-7,13-15H2,1-5H3. The molecule has 0 aromatic heterocycles. The molecule has 0 spiro atoms. The van der Waals surface area contributed by atoms with Gasteiger partial charge in [-0.1, -0.05) is 57.5 Å². The highest BCUT2D eigenvalue weighted by atomic mass is 32.2. The highest BCUT2D eigenvalue weighted by Gasteiger charge is 2.44. The van der Waals surface area contributed by atoms with Crippen molar-refractivity contribution in [3.8, 4) is 0 Å². The molecule has 148 valence electrons. The maximum Gasteiger partial charge on any atom is 0.184 e. The zero-order valence-electron chi connectivity index (χ0n) is 16.8. The molecule has 1 aliphatic heterocycles. The van der Waals surface area contributed by atoms with Crippen LogP contribution in [-0.4, -0.2) is 42.2 Å². The average molecular weight is 383 g/mol. The second-order valence-electron chi connectivity index (χ2n) is 7.29. The van der Waals surface area contributed by atoms with Crippen molar-refractivity contribution in [2.45, 2.75) is 76.1 Å². The number of benzene rings is 1. The average Bonchev–Trinajstić information content (AvgIpc) is 2.60. The number of unbranched alkanes of at least 4 members (excludes halogenated alkanes) is 1. The molecule has 0 N–H and O–H groups in total. The molecule has 0 aliphatic carbocycles. The highest BCUT2D eigenvalue weighted by molar-refractivity contribution is 8.00. The van der Waals surface area contributed by atoms with Gasteiger partial charge in [-0.05, 0) is 20.3 Å². The van der Waals surface area contributed by atoms with Gasteiger partial charge in [0, 0.05) is 17.4 Å². The first-order valence-corrected chi connectivity index (χ1v) is 10.6. The lowest BCUT2D eigenvalue weighted by molar-refractivity contribution is -0.309. The second-order valence-corrected chi connectivity index (χ2v) is 9.17.